The van der Waals surface area contributed by atoms with Gasteiger partial charge in [-0.2, -0.15) is 0 Å². The fraction of sp³-hybridized carbons (Fsp3) is 0.241. The van der Waals surface area contributed by atoms with Gasteiger partial charge in [0.2, 0.25) is 0 Å². The van der Waals surface area contributed by atoms with Crippen molar-refractivity contribution in [3.8, 4) is 0 Å². The lowest BCUT2D eigenvalue weighted by Gasteiger charge is -2.30. The van der Waals surface area contributed by atoms with E-state index in [0.717, 1.165) is 0 Å². The van der Waals surface area contributed by atoms with Gasteiger partial charge in [0.15, 0.2) is 0 Å². The Balaban J connectivity index is 1.28. The molecule has 1 heterocycles. The summed E-state index contributed by atoms with van der Waals surface area (Å²) >= 11 is 1.98. The number of likely N-dealkylation sites (tertiary alicyclic amines) is 1. The zero-order valence-corrected chi connectivity index (χ0v) is 18.8. The van der Waals surface area contributed by atoms with Gasteiger partial charge in [0, 0.05) is 18.0 Å². The molecule has 2 aliphatic rings. The molecule has 0 bridgehead atoms. The smallest absolute Gasteiger partial charge is 0.00719 e. The zero-order valence-electron chi connectivity index (χ0n) is 18.0. The van der Waals surface area contributed by atoms with E-state index in [1.807, 2.05) is 11.8 Å². The van der Waals surface area contributed by atoms with Crippen molar-refractivity contribution in [1.29, 1.82) is 0 Å². The topological polar surface area (TPSA) is 3.24 Å². The first-order valence-electron chi connectivity index (χ1n) is 11.4. The summed E-state index contributed by atoms with van der Waals surface area (Å²) in [6.45, 7) is 3.55. The summed E-state index contributed by atoms with van der Waals surface area (Å²) in [6.07, 6.45) is 8.15. The minimum Gasteiger partial charge on any atom is -0.303 e. The van der Waals surface area contributed by atoms with Crippen molar-refractivity contribution < 1.29 is 0 Å². The maximum atomic E-state index is 2.66. The molecular weight excluding hydrogens is 394 g/mol. The quantitative estimate of drug-likeness (QED) is 0.246. The van der Waals surface area contributed by atoms with Crippen molar-refractivity contribution in [1.82, 2.24) is 4.90 Å². The Morgan fingerprint density at radius 1 is 0.677 bits per heavy atom. The van der Waals surface area contributed by atoms with Crippen molar-refractivity contribution in [3.63, 3.8) is 0 Å². The minimum atomic E-state index is 1.17. The van der Waals surface area contributed by atoms with Gasteiger partial charge in [0.05, 0.1) is 0 Å². The van der Waals surface area contributed by atoms with E-state index >= 15 is 0 Å². The lowest BCUT2D eigenvalue weighted by atomic mass is 9.86. The lowest BCUT2D eigenvalue weighted by molar-refractivity contribution is 0.258. The van der Waals surface area contributed by atoms with Crippen LogP contribution < -0.4 is 0 Å². The number of piperidine rings is 1. The van der Waals surface area contributed by atoms with E-state index < -0.39 is 0 Å². The molecule has 0 N–H and O–H groups in total. The van der Waals surface area contributed by atoms with Crippen LogP contribution in [0.3, 0.4) is 0 Å². The third-order valence-corrected chi connectivity index (χ3v) is 7.44. The van der Waals surface area contributed by atoms with Crippen LogP contribution in [0.5, 0.6) is 0 Å². The van der Waals surface area contributed by atoms with Crippen molar-refractivity contribution >= 4 is 29.5 Å². The van der Waals surface area contributed by atoms with Crippen LogP contribution in [0.1, 0.15) is 41.5 Å². The molecule has 3 aromatic carbocycles. The Bertz CT molecular complexity index is 1030. The summed E-state index contributed by atoms with van der Waals surface area (Å²) in [5.41, 5.74) is 8.56. The second kappa shape index (κ2) is 9.72. The molecular formula is C29H29NS. The minimum absolute atomic E-state index is 1.17. The number of hydrogen-bond acceptors (Lipinski definition) is 2. The summed E-state index contributed by atoms with van der Waals surface area (Å²) in [4.78, 5) is 4.04. The highest BCUT2D eigenvalue weighted by Gasteiger charge is 2.22. The van der Waals surface area contributed by atoms with Gasteiger partial charge in [-0.05, 0) is 71.5 Å². The van der Waals surface area contributed by atoms with Gasteiger partial charge in [-0.25, -0.2) is 0 Å². The zero-order chi connectivity index (χ0) is 20.9. The Morgan fingerprint density at radius 3 is 1.90 bits per heavy atom. The van der Waals surface area contributed by atoms with E-state index in [-0.39, 0.29) is 0 Å². The van der Waals surface area contributed by atoms with Crippen molar-refractivity contribution in [3.05, 3.63) is 107 Å². The van der Waals surface area contributed by atoms with Crippen LogP contribution in [-0.2, 0) is 0 Å². The first-order chi connectivity index (χ1) is 15.4. The van der Waals surface area contributed by atoms with Gasteiger partial charge in [-0.3, -0.25) is 0 Å². The number of benzene rings is 3. The number of nitrogens with zero attached hydrogens (tertiary/aromatic N) is 1. The van der Waals surface area contributed by atoms with E-state index in [1.165, 1.54) is 77.4 Å². The van der Waals surface area contributed by atoms with Crippen LogP contribution >= 0.6 is 11.8 Å². The predicted octanol–water partition coefficient (Wildman–Crippen LogP) is 7.25. The number of fused-ring (bicyclic) bond motifs is 2. The predicted molar refractivity (Wildman–Crippen MR) is 135 cm³/mol. The van der Waals surface area contributed by atoms with E-state index in [2.05, 4.69) is 95.9 Å². The van der Waals surface area contributed by atoms with Crippen molar-refractivity contribution in [2.24, 2.45) is 0 Å². The molecule has 1 fully saturated rings. The Labute approximate surface area is 190 Å². The van der Waals surface area contributed by atoms with Crippen LogP contribution in [-0.4, -0.2) is 30.3 Å². The Kier molecular flexibility index (Phi) is 6.38. The molecule has 0 amide bonds. The normalized spacial score (nSPS) is 16.0. The fourth-order valence-electron chi connectivity index (χ4n) is 4.74. The third-order valence-electron chi connectivity index (χ3n) is 6.35. The standard InChI is InChI=1S/C29H29NS/c1-2-11-26(12-3-1)31-22-8-19-30-20-17-25(18-21-30)29-27-13-6-4-9-23(27)15-16-24-10-5-7-14-28(24)29/h1-7,9-16H,8,17-22H2. The molecule has 1 aliphatic heterocycles. The molecule has 31 heavy (non-hydrogen) atoms. The van der Waals surface area contributed by atoms with Crippen LogP contribution in [0.25, 0.3) is 17.7 Å². The molecule has 0 aromatic heterocycles. The number of thioether (sulfide) groups is 1. The van der Waals surface area contributed by atoms with Gasteiger partial charge in [0.1, 0.15) is 0 Å². The van der Waals surface area contributed by atoms with Gasteiger partial charge >= 0.3 is 0 Å². The van der Waals surface area contributed by atoms with Gasteiger partial charge in [-0.1, -0.05) is 84.5 Å². The molecule has 0 saturated carbocycles. The van der Waals surface area contributed by atoms with Crippen LogP contribution in [0, 0.1) is 0 Å². The largest absolute Gasteiger partial charge is 0.303 e. The summed E-state index contributed by atoms with van der Waals surface area (Å²) in [5, 5.41) is 0. The van der Waals surface area contributed by atoms with Crippen LogP contribution in [0.15, 0.2) is 89.3 Å². The molecule has 3 aromatic rings. The van der Waals surface area contributed by atoms with E-state index in [9.17, 15) is 0 Å². The summed E-state index contributed by atoms with van der Waals surface area (Å²) in [7, 11) is 0. The average molecular weight is 424 g/mol. The third kappa shape index (κ3) is 4.71. The average Bonchev–Trinajstić information content (AvgIpc) is 3.00. The number of hydrogen-bond donors (Lipinski definition) is 0. The summed E-state index contributed by atoms with van der Waals surface area (Å²) in [5.74, 6) is 1.20. The molecule has 2 heteroatoms. The monoisotopic (exact) mass is 423 g/mol. The molecule has 0 unspecified atom stereocenters. The first-order valence-corrected chi connectivity index (χ1v) is 12.4. The maximum Gasteiger partial charge on any atom is 0.00719 e. The van der Waals surface area contributed by atoms with E-state index in [0.29, 0.717) is 0 Å². The molecule has 0 atom stereocenters. The van der Waals surface area contributed by atoms with Gasteiger partial charge in [-0.15, -0.1) is 11.8 Å². The van der Waals surface area contributed by atoms with Crippen molar-refractivity contribution in [2.75, 3.05) is 25.4 Å². The lowest BCUT2D eigenvalue weighted by Crippen LogP contribution is -2.32. The van der Waals surface area contributed by atoms with Crippen molar-refractivity contribution in [2.45, 2.75) is 24.2 Å². The first kappa shape index (κ1) is 20.4. The number of rotatable bonds is 5. The van der Waals surface area contributed by atoms with Crippen LogP contribution in [0.2, 0.25) is 0 Å². The molecule has 1 saturated heterocycles. The molecule has 5 rings (SSSR count). The second-order valence-corrected chi connectivity index (χ2v) is 9.51. The highest BCUT2D eigenvalue weighted by molar-refractivity contribution is 7.99. The second-order valence-electron chi connectivity index (χ2n) is 8.34. The Morgan fingerprint density at radius 2 is 1.26 bits per heavy atom. The Hall–Kier alpha value is -2.55. The van der Waals surface area contributed by atoms with Gasteiger partial charge in [0.25, 0.3) is 0 Å². The van der Waals surface area contributed by atoms with E-state index in [4.69, 9.17) is 0 Å². The molecule has 1 aliphatic carbocycles. The van der Waals surface area contributed by atoms with E-state index in [1.54, 1.807) is 5.57 Å². The maximum absolute atomic E-state index is 2.66. The van der Waals surface area contributed by atoms with Gasteiger partial charge < -0.3 is 4.90 Å². The summed E-state index contributed by atoms with van der Waals surface area (Å²) < 4.78 is 0. The SMILES string of the molecule is C1=Cc2ccccc2C(=C2CCN(CCCSc3ccccc3)CC2)c2ccccc21. The van der Waals surface area contributed by atoms with Crippen LogP contribution in [0.4, 0.5) is 0 Å². The highest BCUT2D eigenvalue weighted by atomic mass is 32.2. The fourth-order valence-corrected chi connectivity index (χ4v) is 5.60. The molecule has 0 spiro atoms. The molecule has 0 radical (unpaired) electrons. The highest BCUT2D eigenvalue weighted by Crippen LogP contribution is 2.38. The molecule has 1 nitrogen and oxygen atoms in total. The summed E-state index contributed by atoms with van der Waals surface area (Å²) in [6, 6.07) is 28.5. The molecule has 156 valence electrons.